The molecular formula is C24H32N6O6S. The average Bonchev–Trinajstić information content (AvgIpc) is 3.52. The van der Waals surface area contributed by atoms with Gasteiger partial charge in [0.1, 0.15) is 18.1 Å². The molecule has 37 heavy (non-hydrogen) atoms. The number of nitrogens with two attached hydrogens (primary N) is 2. The molecule has 1 aromatic heterocycles. The lowest BCUT2D eigenvalue weighted by atomic mass is 10.0. The molecule has 200 valence electrons. The number of rotatable bonds is 12. The number of amides is 4. The fraction of sp³-hybridized carbons (Fsp3) is 0.458. The van der Waals surface area contributed by atoms with Crippen molar-refractivity contribution < 1.29 is 29.1 Å². The summed E-state index contributed by atoms with van der Waals surface area (Å²) < 4.78 is 0. The van der Waals surface area contributed by atoms with Crippen molar-refractivity contribution in [2.24, 2.45) is 11.5 Å². The van der Waals surface area contributed by atoms with Gasteiger partial charge in [0.05, 0.1) is 6.04 Å². The molecule has 3 rings (SSSR count). The van der Waals surface area contributed by atoms with E-state index in [1.807, 2.05) is 24.3 Å². The number of fused-ring (bicyclic) bond motifs is 1. The van der Waals surface area contributed by atoms with Crippen molar-refractivity contribution in [3.63, 3.8) is 0 Å². The fourth-order valence-electron chi connectivity index (χ4n) is 4.41. The third-order valence-corrected chi connectivity index (χ3v) is 6.75. The first-order valence-electron chi connectivity index (χ1n) is 12.0. The summed E-state index contributed by atoms with van der Waals surface area (Å²) in [6.07, 6.45) is 2.52. The Labute approximate surface area is 218 Å². The van der Waals surface area contributed by atoms with Crippen LogP contribution in [0, 0.1) is 0 Å². The topological polar surface area (TPSA) is 201 Å². The number of hydrogen-bond donors (Lipinski definition) is 7. The number of para-hydroxylation sites is 1. The van der Waals surface area contributed by atoms with Crippen molar-refractivity contribution in [3.8, 4) is 0 Å². The van der Waals surface area contributed by atoms with Crippen molar-refractivity contribution in [2.75, 3.05) is 12.3 Å². The molecule has 0 saturated carbocycles. The van der Waals surface area contributed by atoms with Gasteiger partial charge < -0.3 is 37.1 Å². The van der Waals surface area contributed by atoms with E-state index in [-0.39, 0.29) is 31.6 Å². The van der Waals surface area contributed by atoms with E-state index in [0.29, 0.717) is 12.8 Å². The van der Waals surface area contributed by atoms with Crippen LogP contribution in [0.3, 0.4) is 0 Å². The Morgan fingerprint density at radius 3 is 2.57 bits per heavy atom. The zero-order valence-corrected chi connectivity index (χ0v) is 21.1. The molecule has 1 aromatic carbocycles. The molecular weight excluding hydrogens is 500 g/mol. The van der Waals surface area contributed by atoms with Crippen molar-refractivity contribution in [1.29, 1.82) is 0 Å². The van der Waals surface area contributed by atoms with Crippen LogP contribution in [0.4, 0.5) is 0 Å². The number of primary amides is 1. The SMILES string of the molecule is NC(=O)CCC(NC(=O)C1CCCN1C(=O)C(CS)NC(=O)C(N)Cc1c[nH]c2ccccc12)C(=O)O. The first kappa shape index (κ1) is 28.0. The van der Waals surface area contributed by atoms with E-state index < -0.39 is 53.8 Å². The van der Waals surface area contributed by atoms with Gasteiger partial charge in [-0.15, -0.1) is 0 Å². The molecule has 12 nitrogen and oxygen atoms in total. The van der Waals surface area contributed by atoms with Crippen molar-refractivity contribution in [3.05, 3.63) is 36.0 Å². The number of nitrogens with one attached hydrogen (secondary N) is 3. The van der Waals surface area contributed by atoms with Gasteiger partial charge in [-0.25, -0.2) is 4.79 Å². The van der Waals surface area contributed by atoms with Crippen molar-refractivity contribution >= 4 is 53.1 Å². The minimum Gasteiger partial charge on any atom is -0.480 e. The highest BCUT2D eigenvalue weighted by Gasteiger charge is 2.38. The first-order valence-corrected chi connectivity index (χ1v) is 12.6. The van der Waals surface area contributed by atoms with E-state index in [9.17, 15) is 29.1 Å². The lowest BCUT2D eigenvalue weighted by molar-refractivity contribution is -0.145. The zero-order valence-electron chi connectivity index (χ0n) is 20.2. The van der Waals surface area contributed by atoms with E-state index in [1.165, 1.54) is 4.90 Å². The second-order valence-electron chi connectivity index (χ2n) is 9.01. The van der Waals surface area contributed by atoms with Crippen LogP contribution >= 0.6 is 12.6 Å². The van der Waals surface area contributed by atoms with Gasteiger partial charge in [0.25, 0.3) is 0 Å². The molecule has 4 atom stereocenters. The molecule has 4 unspecified atom stereocenters. The quantitative estimate of drug-likeness (QED) is 0.175. The van der Waals surface area contributed by atoms with Crippen LogP contribution in [-0.4, -0.2) is 81.1 Å². The number of hydrogen-bond acceptors (Lipinski definition) is 7. The summed E-state index contributed by atoms with van der Waals surface area (Å²) in [5.74, 6) is -3.71. The van der Waals surface area contributed by atoms with Crippen LogP contribution in [-0.2, 0) is 30.4 Å². The van der Waals surface area contributed by atoms with Crippen LogP contribution in [0.1, 0.15) is 31.2 Å². The largest absolute Gasteiger partial charge is 0.480 e. The number of benzene rings is 1. The van der Waals surface area contributed by atoms with Gasteiger partial charge in [0.15, 0.2) is 0 Å². The van der Waals surface area contributed by atoms with E-state index in [1.54, 1.807) is 6.20 Å². The van der Waals surface area contributed by atoms with E-state index in [4.69, 9.17) is 11.5 Å². The van der Waals surface area contributed by atoms with Gasteiger partial charge in [-0.05, 0) is 37.3 Å². The minimum atomic E-state index is -1.32. The van der Waals surface area contributed by atoms with Gasteiger partial charge in [-0.2, -0.15) is 12.6 Å². The number of carbonyl (C=O) groups is 5. The monoisotopic (exact) mass is 532 g/mol. The zero-order chi connectivity index (χ0) is 27.1. The lowest BCUT2D eigenvalue weighted by Gasteiger charge is -2.29. The first-order chi connectivity index (χ1) is 17.6. The molecule has 0 bridgehead atoms. The van der Waals surface area contributed by atoms with Crippen LogP contribution < -0.4 is 22.1 Å². The predicted molar refractivity (Wildman–Crippen MR) is 138 cm³/mol. The highest BCUT2D eigenvalue weighted by atomic mass is 32.1. The molecule has 1 fully saturated rings. The summed E-state index contributed by atoms with van der Waals surface area (Å²) in [4.78, 5) is 65.8. The molecule has 1 aliphatic heterocycles. The normalized spacial score (nSPS) is 17.7. The Bertz CT molecular complexity index is 1170. The molecule has 8 N–H and O–H groups in total. The molecule has 1 aliphatic rings. The Balaban J connectivity index is 1.62. The highest BCUT2D eigenvalue weighted by Crippen LogP contribution is 2.21. The second kappa shape index (κ2) is 12.6. The molecule has 0 aliphatic carbocycles. The van der Waals surface area contributed by atoms with E-state index in [2.05, 4.69) is 28.2 Å². The number of carbonyl (C=O) groups excluding carboxylic acids is 4. The fourth-order valence-corrected chi connectivity index (χ4v) is 4.66. The Morgan fingerprint density at radius 2 is 1.89 bits per heavy atom. The summed E-state index contributed by atoms with van der Waals surface area (Å²) in [5.41, 5.74) is 13.0. The Morgan fingerprint density at radius 1 is 1.16 bits per heavy atom. The number of H-pyrrole nitrogens is 1. The van der Waals surface area contributed by atoms with Gasteiger partial charge >= 0.3 is 5.97 Å². The number of carboxylic acids is 1. The van der Waals surface area contributed by atoms with Gasteiger partial charge in [0, 0.05) is 35.8 Å². The average molecular weight is 533 g/mol. The van der Waals surface area contributed by atoms with Crippen molar-refractivity contribution in [2.45, 2.75) is 56.3 Å². The molecule has 2 aromatic rings. The molecule has 13 heteroatoms. The second-order valence-corrected chi connectivity index (χ2v) is 9.37. The summed E-state index contributed by atoms with van der Waals surface area (Å²) >= 11 is 4.21. The number of aliphatic carboxylic acids is 1. The van der Waals surface area contributed by atoms with Crippen LogP contribution in [0.5, 0.6) is 0 Å². The van der Waals surface area contributed by atoms with Crippen LogP contribution in [0.25, 0.3) is 10.9 Å². The molecule has 0 radical (unpaired) electrons. The minimum absolute atomic E-state index is 0.0222. The standard InChI is InChI=1S/C24H32N6O6S/c25-15(10-13-11-27-16-5-2-1-4-14(13)16)21(32)29-18(12-37)23(34)30-9-3-6-19(30)22(33)28-17(24(35)36)7-8-20(26)31/h1-2,4-5,11,15,17-19,27,37H,3,6-10,12,25H2,(H2,26,31)(H,28,33)(H,29,32)(H,35,36). The predicted octanol–water partition coefficient (Wildman–Crippen LogP) is -0.722. The number of thiol groups is 1. The van der Waals surface area contributed by atoms with Gasteiger partial charge in [0.2, 0.25) is 23.6 Å². The Hall–Kier alpha value is -3.58. The van der Waals surface area contributed by atoms with Crippen molar-refractivity contribution in [1.82, 2.24) is 20.5 Å². The number of aromatic amines is 1. The maximum absolute atomic E-state index is 13.2. The number of nitrogens with zero attached hydrogens (tertiary/aromatic N) is 1. The van der Waals surface area contributed by atoms with E-state index >= 15 is 0 Å². The summed E-state index contributed by atoms with van der Waals surface area (Å²) in [6.45, 7) is 0.261. The smallest absolute Gasteiger partial charge is 0.326 e. The maximum Gasteiger partial charge on any atom is 0.326 e. The summed E-state index contributed by atoms with van der Waals surface area (Å²) in [6, 6.07) is 3.44. The summed E-state index contributed by atoms with van der Waals surface area (Å²) in [7, 11) is 0. The van der Waals surface area contributed by atoms with Crippen LogP contribution in [0.15, 0.2) is 30.5 Å². The van der Waals surface area contributed by atoms with Gasteiger partial charge in [-0.3, -0.25) is 19.2 Å². The highest BCUT2D eigenvalue weighted by molar-refractivity contribution is 7.80. The molecule has 1 saturated heterocycles. The summed E-state index contributed by atoms with van der Waals surface area (Å²) in [5, 5.41) is 15.3. The maximum atomic E-state index is 13.2. The van der Waals surface area contributed by atoms with Crippen LogP contribution in [0.2, 0.25) is 0 Å². The lowest BCUT2D eigenvalue weighted by Crippen LogP contribution is -2.57. The molecule has 4 amide bonds. The molecule has 0 spiro atoms. The number of aromatic nitrogens is 1. The van der Waals surface area contributed by atoms with Gasteiger partial charge in [-0.1, -0.05) is 18.2 Å². The van der Waals surface area contributed by atoms with E-state index in [0.717, 1.165) is 16.5 Å². The third-order valence-electron chi connectivity index (χ3n) is 6.38. The number of likely N-dealkylation sites (tertiary alicyclic amines) is 1. The molecule has 2 heterocycles. The number of carboxylic acid groups (broad SMARTS) is 1. The Kier molecular flexibility index (Phi) is 9.53. The third kappa shape index (κ3) is 7.01.